The van der Waals surface area contributed by atoms with Gasteiger partial charge in [0.1, 0.15) is 5.82 Å². The minimum atomic E-state index is -0.322. The quantitative estimate of drug-likeness (QED) is 0.569. The highest BCUT2D eigenvalue weighted by Gasteiger charge is 2.18. The van der Waals surface area contributed by atoms with E-state index in [9.17, 15) is 9.18 Å². The van der Waals surface area contributed by atoms with Gasteiger partial charge in [-0.1, -0.05) is 22.9 Å². The molecule has 0 aliphatic carbocycles. The zero-order valence-corrected chi connectivity index (χ0v) is 15.9. The molecule has 0 bridgehead atoms. The van der Waals surface area contributed by atoms with Gasteiger partial charge in [0, 0.05) is 17.1 Å². The third-order valence-corrected chi connectivity index (χ3v) is 4.77. The van der Waals surface area contributed by atoms with Crippen molar-refractivity contribution in [1.29, 1.82) is 0 Å². The lowest BCUT2D eigenvalue weighted by molar-refractivity contribution is 0.102. The number of anilines is 1. The van der Waals surface area contributed by atoms with E-state index < -0.39 is 0 Å². The fourth-order valence-electron chi connectivity index (χ4n) is 2.61. The molecule has 0 atom stereocenters. The minimum Gasteiger partial charge on any atom is -0.297 e. The molecule has 2 aromatic heterocycles. The van der Waals surface area contributed by atoms with E-state index in [0.29, 0.717) is 33.6 Å². The molecule has 28 heavy (non-hydrogen) atoms. The lowest BCUT2D eigenvalue weighted by Crippen LogP contribution is -2.11. The van der Waals surface area contributed by atoms with Gasteiger partial charge in [0.2, 0.25) is 5.13 Å². The number of aromatic nitrogens is 5. The van der Waals surface area contributed by atoms with Crippen molar-refractivity contribution in [3.8, 4) is 17.2 Å². The molecule has 0 fully saturated rings. The van der Waals surface area contributed by atoms with Crippen molar-refractivity contribution in [3.05, 3.63) is 71.2 Å². The van der Waals surface area contributed by atoms with E-state index in [0.717, 1.165) is 17.1 Å². The molecule has 4 rings (SSSR count). The second-order valence-corrected chi connectivity index (χ2v) is 6.91. The molecule has 0 aliphatic rings. The summed E-state index contributed by atoms with van der Waals surface area (Å²) < 4.78 is 19.0. The Bertz CT molecular complexity index is 1130. The molecule has 0 spiro atoms. The predicted molar refractivity (Wildman–Crippen MR) is 104 cm³/mol. The van der Waals surface area contributed by atoms with Gasteiger partial charge in [0.05, 0.1) is 11.4 Å². The molecule has 4 aromatic rings. The lowest BCUT2D eigenvalue weighted by Gasteiger charge is -2.02. The van der Waals surface area contributed by atoms with Crippen molar-refractivity contribution in [3.63, 3.8) is 0 Å². The monoisotopic (exact) mass is 394 g/mol. The first kappa shape index (κ1) is 17.9. The molecule has 0 saturated heterocycles. The van der Waals surface area contributed by atoms with Crippen LogP contribution in [0.4, 0.5) is 9.52 Å². The maximum Gasteiger partial charge on any atom is 0.257 e. The Morgan fingerprint density at radius 1 is 1.07 bits per heavy atom. The SMILES string of the molecule is Cc1ccc(C(=O)Nc2nc(-c3nnn(-c4ccc(F)cc4)c3C)ns2)cc1. The summed E-state index contributed by atoms with van der Waals surface area (Å²) in [6, 6.07) is 13.2. The summed E-state index contributed by atoms with van der Waals surface area (Å²) in [5.74, 6) is -0.207. The average molecular weight is 394 g/mol. The molecule has 0 unspecified atom stereocenters. The highest BCUT2D eigenvalue weighted by atomic mass is 32.1. The molecule has 0 aliphatic heterocycles. The van der Waals surface area contributed by atoms with Crippen molar-refractivity contribution in [1.82, 2.24) is 24.4 Å². The third kappa shape index (κ3) is 3.52. The van der Waals surface area contributed by atoms with Crippen LogP contribution in [-0.2, 0) is 0 Å². The van der Waals surface area contributed by atoms with Crippen LogP contribution in [0.5, 0.6) is 0 Å². The fourth-order valence-corrected chi connectivity index (χ4v) is 3.17. The molecule has 0 saturated carbocycles. The van der Waals surface area contributed by atoms with Gasteiger partial charge in [-0.25, -0.2) is 9.07 Å². The molecule has 140 valence electrons. The number of benzene rings is 2. The van der Waals surface area contributed by atoms with Gasteiger partial charge in [0.25, 0.3) is 5.91 Å². The molecule has 0 radical (unpaired) electrons. The van der Waals surface area contributed by atoms with E-state index in [1.165, 1.54) is 12.1 Å². The number of rotatable bonds is 4. The fraction of sp³-hybridized carbons (Fsp3) is 0.105. The van der Waals surface area contributed by atoms with Crippen LogP contribution in [0, 0.1) is 19.7 Å². The van der Waals surface area contributed by atoms with E-state index in [1.54, 1.807) is 28.9 Å². The van der Waals surface area contributed by atoms with Gasteiger partial charge < -0.3 is 0 Å². The van der Waals surface area contributed by atoms with Gasteiger partial charge in [-0.15, -0.1) is 5.10 Å². The summed E-state index contributed by atoms with van der Waals surface area (Å²) in [6.07, 6.45) is 0. The van der Waals surface area contributed by atoms with E-state index >= 15 is 0 Å². The van der Waals surface area contributed by atoms with Crippen LogP contribution < -0.4 is 5.32 Å². The second kappa shape index (κ2) is 7.28. The molecular formula is C19H15FN6OS. The molecule has 2 heterocycles. The summed E-state index contributed by atoms with van der Waals surface area (Å²) in [6.45, 7) is 3.78. The highest BCUT2D eigenvalue weighted by molar-refractivity contribution is 7.10. The number of nitrogens with zero attached hydrogens (tertiary/aromatic N) is 5. The van der Waals surface area contributed by atoms with Crippen LogP contribution in [0.25, 0.3) is 17.2 Å². The van der Waals surface area contributed by atoms with Crippen LogP contribution in [0.1, 0.15) is 21.6 Å². The first-order chi connectivity index (χ1) is 13.5. The maximum atomic E-state index is 13.1. The van der Waals surface area contributed by atoms with Crippen LogP contribution in [-0.4, -0.2) is 30.3 Å². The average Bonchev–Trinajstić information content (AvgIpc) is 3.29. The number of hydrogen-bond donors (Lipinski definition) is 1. The van der Waals surface area contributed by atoms with E-state index in [1.807, 2.05) is 26.0 Å². The van der Waals surface area contributed by atoms with Crippen molar-refractivity contribution in [2.24, 2.45) is 0 Å². The lowest BCUT2D eigenvalue weighted by atomic mass is 10.1. The molecule has 7 nitrogen and oxygen atoms in total. The summed E-state index contributed by atoms with van der Waals surface area (Å²) >= 11 is 1.07. The van der Waals surface area contributed by atoms with E-state index in [4.69, 9.17) is 0 Å². The zero-order valence-electron chi connectivity index (χ0n) is 15.0. The number of aryl methyl sites for hydroxylation is 1. The van der Waals surface area contributed by atoms with Gasteiger partial charge >= 0.3 is 0 Å². The van der Waals surface area contributed by atoms with Gasteiger partial charge in [0.15, 0.2) is 11.5 Å². The van der Waals surface area contributed by atoms with Crippen LogP contribution in [0.15, 0.2) is 48.5 Å². The van der Waals surface area contributed by atoms with Crippen LogP contribution in [0.2, 0.25) is 0 Å². The number of carbonyl (C=O) groups is 1. The largest absolute Gasteiger partial charge is 0.297 e. The number of amides is 1. The van der Waals surface area contributed by atoms with Gasteiger partial charge in [-0.2, -0.15) is 9.36 Å². The third-order valence-electron chi connectivity index (χ3n) is 4.14. The first-order valence-electron chi connectivity index (χ1n) is 8.41. The molecular weight excluding hydrogens is 379 g/mol. The number of halogens is 1. The van der Waals surface area contributed by atoms with Gasteiger partial charge in [-0.3, -0.25) is 10.1 Å². The minimum absolute atomic E-state index is 0.255. The Kier molecular flexibility index (Phi) is 4.66. The summed E-state index contributed by atoms with van der Waals surface area (Å²) in [5, 5.41) is 11.3. The maximum absolute atomic E-state index is 13.1. The Morgan fingerprint density at radius 2 is 1.79 bits per heavy atom. The molecule has 9 heteroatoms. The number of hydrogen-bond acceptors (Lipinski definition) is 6. The predicted octanol–water partition coefficient (Wildman–Crippen LogP) is 3.79. The highest BCUT2D eigenvalue weighted by Crippen LogP contribution is 2.24. The van der Waals surface area contributed by atoms with E-state index in [2.05, 4.69) is 25.0 Å². The number of carbonyl (C=O) groups excluding carboxylic acids is 1. The van der Waals surface area contributed by atoms with E-state index in [-0.39, 0.29) is 11.7 Å². The smallest absolute Gasteiger partial charge is 0.257 e. The first-order valence-corrected chi connectivity index (χ1v) is 9.19. The molecule has 2 aromatic carbocycles. The molecule has 1 N–H and O–H groups in total. The Hall–Kier alpha value is -3.46. The van der Waals surface area contributed by atoms with Crippen LogP contribution >= 0.6 is 11.5 Å². The summed E-state index contributed by atoms with van der Waals surface area (Å²) in [7, 11) is 0. The zero-order chi connectivity index (χ0) is 19.7. The van der Waals surface area contributed by atoms with Crippen LogP contribution in [0.3, 0.4) is 0 Å². The Labute approximate surface area is 164 Å². The van der Waals surface area contributed by atoms with Crippen molar-refractivity contribution in [2.75, 3.05) is 5.32 Å². The van der Waals surface area contributed by atoms with Crippen molar-refractivity contribution in [2.45, 2.75) is 13.8 Å². The van der Waals surface area contributed by atoms with Crippen molar-refractivity contribution >= 4 is 22.6 Å². The molecule has 1 amide bonds. The second-order valence-electron chi connectivity index (χ2n) is 6.15. The topological polar surface area (TPSA) is 85.6 Å². The normalized spacial score (nSPS) is 10.8. The Balaban J connectivity index is 1.55. The number of nitrogens with one attached hydrogen (secondary N) is 1. The standard InChI is InChI=1S/C19H15FN6OS/c1-11-3-5-13(6-4-11)18(27)22-19-21-17(24-28-19)16-12(2)26(25-23-16)15-9-7-14(20)8-10-15/h3-10H,1-2H3,(H,21,22,24,27). The summed E-state index contributed by atoms with van der Waals surface area (Å²) in [4.78, 5) is 16.7. The van der Waals surface area contributed by atoms with Crippen molar-refractivity contribution < 1.29 is 9.18 Å². The summed E-state index contributed by atoms with van der Waals surface area (Å²) in [5.41, 5.74) is 3.51. The Morgan fingerprint density at radius 3 is 2.50 bits per heavy atom. The van der Waals surface area contributed by atoms with Gasteiger partial charge in [-0.05, 0) is 50.2 Å².